The molecule has 3 heteroatoms. The molecule has 2 heterocycles. The number of thiophene rings is 1. The van der Waals surface area contributed by atoms with Crippen LogP contribution in [0.2, 0.25) is 0 Å². The monoisotopic (exact) mass is 336 g/mol. The first-order valence-electron chi connectivity index (χ1n) is 9.34. The molecule has 2 nitrogen and oxygen atoms in total. The third-order valence-electron chi connectivity index (χ3n) is 5.92. The maximum atomic E-state index is 8.30. The Kier molecular flexibility index (Phi) is 3.60. The Balaban J connectivity index is 1.42. The van der Waals surface area contributed by atoms with Crippen LogP contribution in [0.3, 0.4) is 0 Å². The van der Waals surface area contributed by atoms with E-state index in [9.17, 15) is 0 Å². The van der Waals surface area contributed by atoms with E-state index in [0.29, 0.717) is 12.0 Å². The Labute approximate surface area is 147 Å². The van der Waals surface area contributed by atoms with Gasteiger partial charge in [-0.2, -0.15) is 0 Å². The summed E-state index contributed by atoms with van der Waals surface area (Å²) >= 11 is 2.05. The maximum Gasteiger partial charge on any atom is 0.0578 e. The fraction of sp³-hybridized carbons (Fsp3) is 0.476. The van der Waals surface area contributed by atoms with E-state index in [4.69, 9.17) is 5.41 Å². The minimum Gasteiger partial charge on any atom is -0.308 e. The number of nitrogens with one attached hydrogen (secondary N) is 2. The largest absolute Gasteiger partial charge is 0.308 e. The Hall–Kier alpha value is -1.45. The maximum absolute atomic E-state index is 8.30. The summed E-state index contributed by atoms with van der Waals surface area (Å²) in [6.07, 6.45) is 17.8. The van der Waals surface area contributed by atoms with Crippen LogP contribution in [-0.2, 0) is 12.8 Å². The number of rotatable bonds is 3. The molecule has 2 unspecified atom stereocenters. The molecular formula is C21H24N2S. The van der Waals surface area contributed by atoms with Crippen molar-refractivity contribution in [1.29, 1.82) is 5.41 Å². The van der Waals surface area contributed by atoms with E-state index < -0.39 is 0 Å². The van der Waals surface area contributed by atoms with E-state index in [-0.39, 0.29) is 0 Å². The highest BCUT2D eigenvalue weighted by atomic mass is 32.1. The minimum atomic E-state index is 0.390. The van der Waals surface area contributed by atoms with Crippen molar-refractivity contribution in [3.8, 4) is 0 Å². The molecule has 0 aromatic carbocycles. The van der Waals surface area contributed by atoms with Gasteiger partial charge in [-0.3, -0.25) is 0 Å². The first-order valence-corrected chi connectivity index (χ1v) is 10.2. The summed E-state index contributed by atoms with van der Waals surface area (Å²) < 4.78 is 0. The fourth-order valence-corrected chi connectivity index (χ4v) is 5.87. The van der Waals surface area contributed by atoms with Crippen LogP contribution in [0, 0.1) is 11.3 Å². The summed E-state index contributed by atoms with van der Waals surface area (Å²) in [7, 11) is 0. The van der Waals surface area contributed by atoms with Crippen LogP contribution in [0.5, 0.6) is 0 Å². The quantitative estimate of drug-likeness (QED) is 0.607. The lowest BCUT2D eigenvalue weighted by molar-refractivity contribution is 0.596. The lowest BCUT2D eigenvalue weighted by atomic mass is 9.80. The third-order valence-corrected chi connectivity index (χ3v) is 7.26. The normalized spacial score (nSPS) is 27.8. The summed E-state index contributed by atoms with van der Waals surface area (Å²) in [5.41, 5.74) is 7.18. The SMILES string of the molecule is N=C(C1CC=C(C2=CCCc3c2sc2c3C=CCC2)CC1)C1CN1. The predicted octanol–water partition coefficient (Wildman–Crippen LogP) is 4.76. The summed E-state index contributed by atoms with van der Waals surface area (Å²) in [6, 6.07) is 0.390. The molecule has 124 valence electrons. The average Bonchev–Trinajstić information content (AvgIpc) is 3.41. The fourth-order valence-electron chi connectivity index (χ4n) is 4.45. The van der Waals surface area contributed by atoms with Gasteiger partial charge in [0.1, 0.15) is 0 Å². The second-order valence-electron chi connectivity index (χ2n) is 7.46. The van der Waals surface area contributed by atoms with Gasteiger partial charge in [0.2, 0.25) is 0 Å². The molecule has 4 aliphatic rings. The van der Waals surface area contributed by atoms with Crippen molar-refractivity contribution in [1.82, 2.24) is 5.32 Å². The van der Waals surface area contributed by atoms with Gasteiger partial charge < -0.3 is 10.7 Å². The Morgan fingerprint density at radius 3 is 2.88 bits per heavy atom. The smallest absolute Gasteiger partial charge is 0.0578 e. The molecule has 5 rings (SSSR count). The molecular weight excluding hydrogens is 312 g/mol. The number of fused-ring (bicyclic) bond motifs is 3. The van der Waals surface area contributed by atoms with Gasteiger partial charge in [0.05, 0.1) is 6.04 Å². The van der Waals surface area contributed by atoms with Gasteiger partial charge in [0, 0.05) is 27.9 Å². The topological polar surface area (TPSA) is 45.8 Å². The minimum absolute atomic E-state index is 0.390. The van der Waals surface area contributed by atoms with Crippen LogP contribution in [-0.4, -0.2) is 18.3 Å². The zero-order valence-corrected chi connectivity index (χ0v) is 14.8. The van der Waals surface area contributed by atoms with E-state index in [1.54, 1.807) is 26.5 Å². The van der Waals surface area contributed by atoms with Crippen LogP contribution in [0.4, 0.5) is 0 Å². The van der Waals surface area contributed by atoms with Crippen molar-refractivity contribution in [3.05, 3.63) is 44.7 Å². The van der Waals surface area contributed by atoms with Gasteiger partial charge in [-0.15, -0.1) is 11.3 Å². The van der Waals surface area contributed by atoms with Crippen LogP contribution < -0.4 is 5.32 Å². The van der Waals surface area contributed by atoms with E-state index in [1.807, 2.05) is 11.3 Å². The van der Waals surface area contributed by atoms with Gasteiger partial charge in [-0.25, -0.2) is 0 Å². The summed E-state index contributed by atoms with van der Waals surface area (Å²) in [6.45, 7) is 1.02. The molecule has 1 aliphatic heterocycles. The Bertz CT molecular complexity index is 789. The standard InChI is InChI=1S/C21H24N2S/c22-20(18-12-23-18)14-10-8-13(9-11-14)15-5-3-6-17-16-4-1-2-7-19(16)24-21(15)17/h1,4-5,8,14,18,22-23H,2-3,6-7,9-12H2. The highest BCUT2D eigenvalue weighted by Crippen LogP contribution is 2.45. The summed E-state index contributed by atoms with van der Waals surface area (Å²) in [5, 5.41) is 11.6. The van der Waals surface area contributed by atoms with Gasteiger partial charge >= 0.3 is 0 Å². The second kappa shape index (κ2) is 5.82. The average molecular weight is 337 g/mol. The van der Waals surface area contributed by atoms with Crippen molar-refractivity contribution in [3.63, 3.8) is 0 Å². The number of aryl methyl sites for hydroxylation is 1. The summed E-state index contributed by atoms with van der Waals surface area (Å²) in [4.78, 5) is 3.16. The zero-order valence-electron chi connectivity index (χ0n) is 14.0. The first-order chi connectivity index (χ1) is 11.8. The van der Waals surface area contributed by atoms with E-state index in [0.717, 1.165) is 31.5 Å². The van der Waals surface area contributed by atoms with E-state index in [2.05, 4.69) is 29.6 Å². The van der Waals surface area contributed by atoms with E-state index >= 15 is 0 Å². The molecule has 0 radical (unpaired) electrons. The van der Waals surface area contributed by atoms with Crippen molar-refractivity contribution >= 4 is 28.7 Å². The molecule has 1 saturated heterocycles. The van der Waals surface area contributed by atoms with Crippen LogP contribution in [0.25, 0.3) is 11.6 Å². The molecule has 0 spiro atoms. The zero-order chi connectivity index (χ0) is 16.1. The van der Waals surface area contributed by atoms with Crippen LogP contribution in [0.1, 0.15) is 53.0 Å². The number of hydrogen-bond acceptors (Lipinski definition) is 3. The number of allylic oxidation sites excluding steroid dienone is 5. The lowest BCUT2D eigenvalue weighted by Gasteiger charge is -2.25. The molecule has 0 bridgehead atoms. The molecule has 24 heavy (non-hydrogen) atoms. The Morgan fingerprint density at radius 1 is 1.17 bits per heavy atom. The second-order valence-corrected chi connectivity index (χ2v) is 8.57. The van der Waals surface area contributed by atoms with Gasteiger partial charge in [-0.05, 0) is 67.2 Å². The molecule has 0 saturated carbocycles. The molecule has 1 aromatic rings. The third kappa shape index (κ3) is 2.46. The Morgan fingerprint density at radius 2 is 2.08 bits per heavy atom. The van der Waals surface area contributed by atoms with Crippen molar-refractivity contribution in [2.75, 3.05) is 6.54 Å². The molecule has 1 fully saturated rings. The first kappa shape index (κ1) is 14.9. The molecule has 3 aliphatic carbocycles. The lowest BCUT2D eigenvalue weighted by Crippen LogP contribution is -2.22. The molecule has 2 atom stereocenters. The highest BCUT2D eigenvalue weighted by Gasteiger charge is 2.32. The predicted molar refractivity (Wildman–Crippen MR) is 103 cm³/mol. The van der Waals surface area contributed by atoms with Crippen LogP contribution >= 0.6 is 11.3 Å². The molecule has 1 aromatic heterocycles. The highest BCUT2D eigenvalue weighted by molar-refractivity contribution is 7.13. The van der Waals surface area contributed by atoms with Crippen molar-refractivity contribution < 1.29 is 0 Å². The van der Waals surface area contributed by atoms with Crippen molar-refractivity contribution in [2.45, 2.75) is 51.0 Å². The summed E-state index contributed by atoms with van der Waals surface area (Å²) in [5.74, 6) is 0.469. The van der Waals surface area contributed by atoms with Gasteiger partial charge in [-0.1, -0.05) is 24.3 Å². The van der Waals surface area contributed by atoms with Crippen LogP contribution in [0.15, 0.2) is 23.8 Å². The van der Waals surface area contributed by atoms with Crippen molar-refractivity contribution in [2.24, 2.45) is 5.92 Å². The van der Waals surface area contributed by atoms with E-state index in [1.165, 1.54) is 31.3 Å². The molecule has 0 amide bonds. The number of hydrogen-bond donors (Lipinski definition) is 2. The van der Waals surface area contributed by atoms with Gasteiger partial charge in [0.15, 0.2) is 0 Å². The molecule has 2 N–H and O–H groups in total. The van der Waals surface area contributed by atoms with Gasteiger partial charge in [0.25, 0.3) is 0 Å².